The molecule has 1 aliphatic rings. The molecule has 1 saturated heterocycles. The molecule has 0 unspecified atom stereocenters. The zero-order valence-corrected chi connectivity index (χ0v) is 18.1. The van der Waals surface area contributed by atoms with Crippen molar-refractivity contribution in [3.63, 3.8) is 0 Å². The molecule has 164 valence electrons. The van der Waals surface area contributed by atoms with E-state index in [2.05, 4.69) is 10.3 Å². The van der Waals surface area contributed by atoms with E-state index in [9.17, 15) is 12.8 Å². The topological polar surface area (TPSA) is 83.5 Å². The second-order valence-electron chi connectivity index (χ2n) is 6.90. The van der Waals surface area contributed by atoms with E-state index in [1.165, 1.54) is 16.4 Å². The van der Waals surface area contributed by atoms with Gasteiger partial charge in [-0.1, -0.05) is 6.07 Å². The fourth-order valence-corrected chi connectivity index (χ4v) is 4.20. The maximum absolute atomic E-state index is 13.1. The molecule has 1 fully saturated rings. The second-order valence-corrected chi connectivity index (χ2v) is 8.99. The van der Waals surface area contributed by atoms with Crippen LogP contribution in [0.15, 0.2) is 29.3 Å². The molecule has 1 aromatic carbocycles. The van der Waals surface area contributed by atoms with Gasteiger partial charge in [0.1, 0.15) is 18.2 Å². The molecule has 0 saturated carbocycles. The number of halogens is 1. The quantitative estimate of drug-likeness (QED) is 0.360. The van der Waals surface area contributed by atoms with Crippen molar-refractivity contribution in [1.82, 2.24) is 14.5 Å². The lowest BCUT2D eigenvalue weighted by molar-refractivity contribution is 0.0904. The number of benzene rings is 1. The van der Waals surface area contributed by atoms with E-state index >= 15 is 0 Å². The highest BCUT2D eigenvalue weighted by atomic mass is 32.2. The number of ether oxygens (including phenoxy) is 2. The first kappa shape index (κ1) is 23.4. The number of aliphatic imine (C=N–C) groups is 1. The predicted molar refractivity (Wildman–Crippen MR) is 111 cm³/mol. The third kappa shape index (κ3) is 7.79. The van der Waals surface area contributed by atoms with Crippen LogP contribution in [0.1, 0.15) is 13.8 Å². The first-order chi connectivity index (χ1) is 13.8. The Morgan fingerprint density at radius 2 is 1.97 bits per heavy atom. The molecule has 0 atom stereocenters. The summed E-state index contributed by atoms with van der Waals surface area (Å²) >= 11 is 0. The van der Waals surface area contributed by atoms with Crippen molar-refractivity contribution in [3.8, 4) is 5.75 Å². The van der Waals surface area contributed by atoms with Gasteiger partial charge < -0.3 is 19.7 Å². The van der Waals surface area contributed by atoms with Crippen LogP contribution in [-0.2, 0) is 14.8 Å². The van der Waals surface area contributed by atoms with Crippen molar-refractivity contribution >= 4 is 16.0 Å². The SMILES string of the molecule is CN=C(NCCOc1cccc(F)c1)N1CCN(S(=O)(=O)CCOC(C)C)CC1. The summed E-state index contributed by atoms with van der Waals surface area (Å²) in [6.45, 7) is 6.73. The molecule has 1 heterocycles. The molecular formula is C19H31FN4O4S. The lowest BCUT2D eigenvalue weighted by atomic mass is 10.3. The van der Waals surface area contributed by atoms with Gasteiger partial charge in [0.15, 0.2) is 5.96 Å². The molecule has 1 aliphatic heterocycles. The van der Waals surface area contributed by atoms with Gasteiger partial charge in [0.25, 0.3) is 0 Å². The van der Waals surface area contributed by atoms with Crippen molar-refractivity contribution in [2.45, 2.75) is 20.0 Å². The zero-order chi connectivity index (χ0) is 21.3. The number of rotatable bonds is 9. The summed E-state index contributed by atoms with van der Waals surface area (Å²) in [5.41, 5.74) is 0. The van der Waals surface area contributed by atoms with Crippen molar-refractivity contribution in [3.05, 3.63) is 30.1 Å². The number of nitrogens with zero attached hydrogens (tertiary/aromatic N) is 3. The molecule has 0 radical (unpaired) electrons. The van der Waals surface area contributed by atoms with Crippen LogP contribution in [0.2, 0.25) is 0 Å². The van der Waals surface area contributed by atoms with Gasteiger partial charge in [0.05, 0.1) is 25.0 Å². The predicted octanol–water partition coefficient (Wildman–Crippen LogP) is 1.15. The molecule has 0 aliphatic carbocycles. The molecule has 1 aromatic rings. The Morgan fingerprint density at radius 1 is 1.24 bits per heavy atom. The van der Waals surface area contributed by atoms with Gasteiger partial charge in [0.2, 0.25) is 10.0 Å². The van der Waals surface area contributed by atoms with E-state index in [1.54, 1.807) is 19.2 Å². The van der Waals surface area contributed by atoms with E-state index < -0.39 is 10.0 Å². The van der Waals surface area contributed by atoms with Crippen LogP contribution >= 0.6 is 0 Å². The van der Waals surface area contributed by atoms with Crippen molar-refractivity contribution in [1.29, 1.82) is 0 Å². The zero-order valence-electron chi connectivity index (χ0n) is 17.3. The van der Waals surface area contributed by atoms with Crippen LogP contribution < -0.4 is 10.1 Å². The number of hydrogen-bond donors (Lipinski definition) is 1. The Kier molecular flexibility index (Phi) is 9.12. The number of sulfonamides is 1. The summed E-state index contributed by atoms with van der Waals surface area (Å²) in [5, 5.41) is 3.19. The van der Waals surface area contributed by atoms with E-state index in [0.717, 1.165) is 0 Å². The fraction of sp³-hybridized carbons (Fsp3) is 0.632. The van der Waals surface area contributed by atoms with Gasteiger partial charge in [-0.2, -0.15) is 4.31 Å². The second kappa shape index (κ2) is 11.3. The fourth-order valence-electron chi connectivity index (χ4n) is 2.92. The van der Waals surface area contributed by atoms with E-state index in [4.69, 9.17) is 9.47 Å². The third-order valence-electron chi connectivity index (χ3n) is 4.39. The highest BCUT2D eigenvalue weighted by Crippen LogP contribution is 2.12. The Bertz CT molecular complexity index is 765. The maximum Gasteiger partial charge on any atom is 0.216 e. The van der Waals surface area contributed by atoms with Gasteiger partial charge >= 0.3 is 0 Å². The molecule has 10 heteroatoms. The Balaban J connectivity index is 1.73. The standard InChI is InChI=1S/C19H31FN4O4S/c1-16(2)27-13-14-29(25,26)24-10-8-23(9-11-24)19(21-3)22-7-12-28-18-6-4-5-17(20)15-18/h4-6,15-16H,7-14H2,1-3H3,(H,21,22). The van der Waals surface area contributed by atoms with Gasteiger partial charge in [0, 0.05) is 39.3 Å². The highest BCUT2D eigenvalue weighted by molar-refractivity contribution is 7.89. The molecule has 29 heavy (non-hydrogen) atoms. The van der Waals surface area contributed by atoms with Crippen LogP contribution in [0.5, 0.6) is 5.75 Å². The van der Waals surface area contributed by atoms with Gasteiger partial charge in [-0.25, -0.2) is 12.8 Å². The molecule has 0 aromatic heterocycles. The lowest BCUT2D eigenvalue weighted by Crippen LogP contribution is -2.54. The summed E-state index contributed by atoms with van der Waals surface area (Å²) in [7, 11) is -1.64. The van der Waals surface area contributed by atoms with Crippen LogP contribution in [0, 0.1) is 5.82 Å². The smallest absolute Gasteiger partial charge is 0.216 e. The largest absolute Gasteiger partial charge is 0.492 e. The molecule has 2 rings (SSSR count). The number of piperazine rings is 1. The van der Waals surface area contributed by atoms with Crippen LogP contribution in [-0.4, -0.2) is 88.4 Å². The summed E-state index contributed by atoms with van der Waals surface area (Å²) in [6, 6.07) is 5.99. The molecule has 0 amide bonds. The summed E-state index contributed by atoms with van der Waals surface area (Å²) in [4.78, 5) is 6.27. The van der Waals surface area contributed by atoms with E-state index in [1.807, 2.05) is 18.7 Å². The van der Waals surface area contributed by atoms with Crippen LogP contribution in [0.3, 0.4) is 0 Å². The van der Waals surface area contributed by atoms with Crippen molar-refractivity contribution in [2.24, 2.45) is 4.99 Å². The molecule has 0 bridgehead atoms. The minimum Gasteiger partial charge on any atom is -0.492 e. The van der Waals surface area contributed by atoms with Gasteiger partial charge in [-0.05, 0) is 26.0 Å². The monoisotopic (exact) mass is 430 g/mol. The molecular weight excluding hydrogens is 399 g/mol. The Morgan fingerprint density at radius 3 is 2.59 bits per heavy atom. The Labute approximate surface area is 172 Å². The Hall–Kier alpha value is -1.91. The van der Waals surface area contributed by atoms with Crippen molar-refractivity contribution in [2.75, 3.05) is 58.7 Å². The highest BCUT2D eigenvalue weighted by Gasteiger charge is 2.27. The molecule has 0 spiro atoms. The van der Waals surface area contributed by atoms with Gasteiger partial charge in [-0.3, -0.25) is 4.99 Å². The minimum atomic E-state index is -3.32. The average molecular weight is 431 g/mol. The summed E-state index contributed by atoms with van der Waals surface area (Å²) < 4.78 is 50.4. The number of hydrogen-bond acceptors (Lipinski definition) is 5. The average Bonchev–Trinajstić information content (AvgIpc) is 2.68. The number of nitrogens with one attached hydrogen (secondary N) is 1. The first-order valence-corrected chi connectivity index (χ1v) is 11.4. The van der Waals surface area contributed by atoms with Crippen molar-refractivity contribution < 1.29 is 22.3 Å². The first-order valence-electron chi connectivity index (χ1n) is 9.75. The summed E-state index contributed by atoms with van der Waals surface area (Å²) in [5.74, 6) is 0.820. The van der Waals surface area contributed by atoms with Crippen LogP contribution in [0.25, 0.3) is 0 Å². The molecule has 1 N–H and O–H groups in total. The van der Waals surface area contributed by atoms with Crippen LogP contribution in [0.4, 0.5) is 4.39 Å². The lowest BCUT2D eigenvalue weighted by Gasteiger charge is -2.35. The van der Waals surface area contributed by atoms with E-state index in [0.29, 0.717) is 51.0 Å². The van der Waals surface area contributed by atoms with Gasteiger partial charge in [-0.15, -0.1) is 0 Å². The minimum absolute atomic E-state index is 0.00439. The summed E-state index contributed by atoms with van der Waals surface area (Å²) in [6.07, 6.45) is 0.0151. The molecule has 8 nitrogen and oxygen atoms in total. The number of guanidine groups is 1. The maximum atomic E-state index is 13.1. The van der Waals surface area contributed by atoms with E-state index in [-0.39, 0.29) is 24.3 Å². The third-order valence-corrected chi connectivity index (χ3v) is 6.22. The normalized spacial score (nSPS) is 16.3.